The number of amides is 1. The van der Waals surface area contributed by atoms with Crippen LogP contribution in [0.25, 0.3) is 0 Å². The molecule has 0 aromatic heterocycles. The van der Waals surface area contributed by atoms with Crippen LogP contribution in [0, 0.1) is 0 Å². The molecule has 2 heterocycles. The lowest BCUT2D eigenvalue weighted by molar-refractivity contribution is -0.123. The van der Waals surface area contributed by atoms with E-state index in [9.17, 15) is 4.79 Å². The van der Waals surface area contributed by atoms with Crippen LogP contribution >= 0.6 is 0 Å². The van der Waals surface area contributed by atoms with E-state index in [1.165, 1.54) is 45.2 Å². The zero-order valence-corrected chi connectivity index (χ0v) is 11.6. The molecule has 4 heteroatoms. The Kier molecular flexibility index (Phi) is 5.45. The Labute approximate surface area is 110 Å². The molecule has 2 saturated heterocycles. The number of nitrogens with zero attached hydrogens (tertiary/aromatic N) is 1. The maximum atomic E-state index is 12.1. The van der Waals surface area contributed by atoms with Crippen molar-refractivity contribution in [2.45, 2.75) is 57.5 Å². The Hall–Kier alpha value is -0.610. The van der Waals surface area contributed by atoms with Crippen molar-refractivity contribution < 1.29 is 4.79 Å². The first-order valence-corrected chi connectivity index (χ1v) is 7.52. The monoisotopic (exact) mass is 253 g/mol. The topological polar surface area (TPSA) is 44.4 Å². The number of likely N-dealkylation sites (tertiary alicyclic amines) is 1. The Morgan fingerprint density at radius 2 is 2.06 bits per heavy atom. The van der Waals surface area contributed by atoms with E-state index in [-0.39, 0.29) is 11.9 Å². The van der Waals surface area contributed by atoms with Crippen molar-refractivity contribution in [3.63, 3.8) is 0 Å². The van der Waals surface area contributed by atoms with Crippen LogP contribution in [-0.4, -0.2) is 49.1 Å². The van der Waals surface area contributed by atoms with E-state index >= 15 is 0 Å². The van der Waals surface area contributed by atoms with E-state index in [0.29, 0.717) is 6.04 Å². The highest BCUT2D eigenvalue weighted by molar-refractivity contribution is 5.81. The number of nitrogens with one attached hydrogen (secondary N) is 2. The summed E-state index contributed by atoms with van der Waals surface area (Å²) in [4.78, 5) is 14.6. The molecule has 18 heavy (non-hydrogen) atoms. The first kappa shape index (κ1) is 13.8. The number of rotatable bonds is 4. The van der Waals surface area contributed by atoms with Gasteiger partial charge in [-0.05, 0) is 52.2 Å². The minimum absolute atomic E-state index is 0.0401. The molecule has 2 fully saturated rings. The maximum Gasteiger partial charge on any atom is 0.237 e. The molecule has 4 nitrogen and oxygen atoms in total. The third-order valence-electron chi connectivity index (χ3n) is 4.21. The predicted molar refractivity (Wildman–Crippen MR) is 73.5 cm³/mol. The van der Waals surface area contributed by atoms with Crippen molar-refractivity contribution >= 4 is 5.91 Å². The molecule has 2 aliphatic heterocycles. The second kappa shape index (κ2) is 7.10. The molecule has 0 aromatic carbocycles. The van der Waals surface area contributed by atoms with Crippen molar-refractivity contribution in [3.05, 3.63) is 0 Å². The summed E-state index contributed by atoms with van der Waals surface area (Å²) in [5, 5.41) is 6.46. The minimum Gasteiger partial charge on any atom is -0.353 e. The number of hydrogen-bond donors (Lipinski definition) is 2. The zero-order chi connectivity index (χ0) is 12.8. The molecule has 2 aliphatic rings. The fourth-order valence-corrected chi connectivity index (χ4v) is 2.94. The largest absolute Gasteiger partial charge is 0.353 e. The van der Waals surface area contributed by atoms with Gasteiger partial charge in [0.1, 0.15) is 0 Å². The first-order chi connectivity index (χ1) is 8.77. The van der Waals surface area contributed by atoms with Gasteiger partial charge in [0.25, 0.3) is 0 Å². The summed E-state index contributed by atoms with van der Waals surface area (Å²) in [6, 6.07) is 0.514. The summed E-state index contributed by atoms with van der Waals surface area (Å²) in [5.74, 6) is 0.197. The van der Waals surface area contributed by atoms with Crippen LogP contribution in [0.1, 0.15) is 45.4 Å². The molecule has 1 amide bonds. The van der Waals surface area contributed by atoms with E-state index in [1.807, 2.05) is 0 Å². The molecule has 0 spiro atoms. The van der Waals surface area contributed by atoms with Gasteiger partial charge in [-0.3, -0.25) is 9.69 Å². The van der Waals surface area contributed by atoms with Crippen LogP contribution in [0.4, 0.5) is 0 Å². The molecular formula is C14H27N3O. The standard InChI is InChI=1S/C14H27N3O/c1-12(17-9-5-6-10-17)11-16-14(18)13-7-3-2-4-8-15-13/h12-13,15H,2-11H2,1H3,(H,16,18). The van der Waals surface area contributed by atoms with Crippen LogP contribution < -0.4 is 10.6 Å². The summed E-state index contributed by atoms with van der Waals surface area (Å²) >= 11 is 0. The normalized spacial score (nSPS) is 27.7. The van der Waals surface area contributed by atoms with Gasteiger partial charge in [-0.2, -0.15) is 0 Å². The van der Waals surface area contributed by atoms with E-state index in [1.54, 1.807) is 0 Å². The van der Waals surface area contributed by atoms with Crippen LogP contribution in [0.2, 0.25) is 0 Å². The van der Waals surface area contributed by atoms with Crippen molar-refractivity contribution in [2.24, 2.45) is 0 Å². The van der Waals surface area contributed by atoms with Gasteiger partial charge in [0.05, 0.1) is 6.04 Å². The number of hydrogen-bond acceptors (Lipinski definition) is 3. The van der Waals surface area contributed by atoms with E-state index in [4.69, 9.17) is 0 Å². The summed E-state index contributed by atoms with van der Waals surface area (Å²) in [5.41, 5.74) is 0. The first-order valence-electron chi connectivity index (χ1n) is 7.52. The van der Waals surface area contributed by atoms with E-state index < -0.39 is 0 Å². The zero-order valence-electron chi connectivity index (χ0n) is 11.6. The SMILES string of the molecule is CC(CNC(=O)C1CCCCCN1)N1CCCC1. The van der Waals surface area contributed by atoms with Gasteiger partial charge in [-0.25, -0.2) is 0 Å². The van der Waals surface area contributed by atoms with Crippen molar-refractivity contribution in [1.82, 2.24) is 15.5 Å². The Bertz CT molecular complexity index is 256. The molecule has 2 atom stereocenters. The lowest BCUT2D eigenvalue weighted by Gasteiger charge is -2.25. The lowest BCUT2D eigenvalue weighted by Crippen LogP contribution is -2.48. The lowest BCUT2D eigenvalue weighted by atomic mass is 10.1. The Balaban J connectivity index is 1.69. The van der Waals surface area contributed by atoms with Gasteiger partial charge in [-0.15, -0.1) is 0 Å². The van der Waals surface area contributed by atoms with E-state index in [2.05, 4.69) is 22.5 Å². The quantitative estimate of drug-likeness (QED) is 0.789. The van der Waals surface area contributed by atoms with Crippen molar-refractivity contribution in [2.75, 3.05) is 26.2 Å². The summed E-state index contributed by atoms with van der Waals surface area (Å²) in [6.45, 7) is 6.38. The van der Waals surface area contributed by atoms with Crippen LogP contribution in [0.5, 0.6) is 0 Å². The smallest absolute Gasteiger partial charge is 0.237 e. The third-order valence-corrected chi connectivity index (χ3v) is 4.21. The fraction of sp³-hybridized carbons (Fsp3) is 0.929. The van der Waals surface area contributed by atoms with E-state index in [0.717, 1.165) is 19.5 Å². The predicted octanol–water partition coefficient (Wildman–Crippen LogP) is 1.12. The van der Waals surface area contributed by atoms with Gasteiger partial charge in [0, 0.05) is 12.6 Å². The van der Waals surface area contributed by atoms with Gasteiger partial charge < -0.3 is 10.6 Å². The van der Waals surface area contributed by atoms with Crippen molar-refractivity contribution in [1.29, 1.82) is 0 Å². The van der Waals surface area contributed by atoms with Gasteiger partial charge in [0.2, 0.25) is 5.91 Å². The fourth-order valence-electron chi connectivity index (χ4n) is 2.94. The van der Waals surface area contributed by atoms with Gasteiger partial charge >= 0.3 is 0 Å². The summed E-state index contributed by atoms with van der Waals surface area (Å²) in [6.07, 6.45) is 7.23. The molecule has 0 radical (unpaired) electrons. The molecule has 0 aromatic rings. The third kappa shape index (κ3) is 3.95. The highest BCUT2D eigenvalue weighted by atomic mass is 16.2. The van der Waals surface area contributed by atoms with Crippen molar-refractivity contribution in [3.8, 4) is 0 Å². The second-order valence-electron chi connectivity index (χ2n) is 5.69. The summed E-state index contributed by atoms with van der Waals surface area (Å²) < 4.78 is 0. The van der Waals surface area contributed by atoms with Crippen LogP contribution in [-0.2, 0) is 4.79 Å². The second-order valence-corrected chi connectivity index (χ2v) is 5.69. The average molecular weight is 253 g/mol. The molecule has 0 aliphatic carbocycles. The molecule has 2 unspecified atom stereocenters. The highest BCUT2D eigenvalue weighted by Crippen LogP contribution is 2.11. The highest BCUT2D eigenvalue weighted by Gasteiger charge is 2.22. The number of carbonyl (C=O) groups is 1. The molecule has 2 rings (SSSR count). The van der Waals surface area contributed by atoms with Gasteiger partial charge in [-0.1, -0.05) is 12.8 Å². The molecule has 2 N–H and O–H groups in total. The molecule has 0 saturated carbocycles. The van der Waals surface area contributed by atoms with Crippen LogP contribution in [0.15, 0.2) is 0 Å². The summed E-state index contributed by atoms with van der Waals surface area (Å²) in [7, 11) is 0. The Morgan fingerprint density at radius 1 is 1.28 bits per heavy atom. The molecule has 0 bridgehead atoms. The molecular weight excluding hydrogens is 226 g/mol. The Morgan fingerprint density at radius 3 is 2.83 bits per heavy atom. The van der Waals surface area contributed by atoms with Gasteiger partial charge in [0.15, 0.2) is 0 Å². The minimum atomic E-state index is 0.0401. The van der Waals surface area contributed by atoms with Crippen LogP contribution in [0.3, 0.4) is 0 Å². The maximum absolute atomic E-state index is 12.1. The number of carbonyl (C=O) groups excluding carboxylic acids is 1. The molecule has 104 valence electrons. The average Bonchev–Trinajstić information content (AvgIpc) is 2.78.